The van der Waals surface area contributed by atoms with Crippen LogP contribution < -0.4 is 5.32 Å². The Morgan fingerprint density at radius 1 is 1.28 bits per heavy atom. The Hall–Kier alpha value is -0.610. The fourth-order valence-electron chi connectivity index (χ4n) is 2.64. The van der Waals surface area contributed by atoms with E-state index < -0.39 is 0 Å². The lowest BCUT2D eigenvalue weighted by Crippen LogP contribution is -2.45. The van der Waals surface area contributed by atoms with E-state index in [0.717, 1.165) is 12.8 Å². The minimum Gasteiger partial charge on any atom is -0.465 e. The van der Waals surface area contributed by atoms with Gasteiger partial charge in [-0.25, -0.2) is 0 Å². The molecular formula is C14H27NO3. The molecule has 0 radical (unpaired) electrons. The molecule has 1 unspecified atom stereocenters. The summed E-state index contributed by atoms with van der Waals surface area (Å²) in [4.78, 5) is 12.0. The number of rotatable bonds is 7. The van der Waals surface area contributed by atoms with Gasteiger partial charge in [-0.2, -0.15) is 0 Å². The Balaban J connectivity index is 2.52. The van der Waals surface area contributed by atoms with Crippen LogP contribution in [-0.4, -0.2) is 38.9 Å². The third kappa shape index (κ3) is 5.36. The molecule has 0 saturated heterocycles. The zero-order chi connectivity index (χ0) is 13.2. The number of carbonyl (C=O) groups excluding carboxylic acids is 1. The standard InChI is InChI=1S/C14H27NO3/c1-3-18-14(16)13(15-10-11-17-2)12-8-6-4-5-7-9-12/h12-13,15H,3-11H2,1-2H3. The van der Waals surface area contributed by atoms with Crippen LogP contribution in [0.1, 0.15) is 45.4 Å². The molecule has 0 aliphatic heterocycles. The van der Waals surface area contributed by atoms with Crippen molar-refractivity contribution in [3.05, 3.63) is 0 Å². The van der Waals surface area contributed by atoms with Crippen LogP contribution in [0.2, 0.25) is 0 Å². The average Bonchev–Trinajstić information content (AvgIpc) is 2.63. The van der Waals surface area contributed by atoms with E-state index in [0.29, 0.717) is 25.7 Å². The van der Waals surface area contributed by atoms with Crippen molar-refractivity contribution in [3.63, 3.8) is 0 Å². The van der Waals surface area contributed by atoms with E-state index in [1.54, 1.807) is 7.11 Å². The summed E-state index contributed by atoms with van der Waals surface area (Å²) in [6.07, 6.45) is 7.31. The van der Waals surface area contributed by atoms with Crippen molar-refractivity contribution in [2.75, 3.05) is 26.9 Å². The number of esters is 1. The summed E-state index contributed by atoms with van der Waals surface area (Å²) >= 11 is 0. The molecule has 1 fully saturated rings. The van der Waals surface area contributed by atoms with Gasteiger partial charge in [0.05, 0.1) is 13.2 Å². The maximum absolute atomic E-state index is 12.0. The minimum absolute atomic E-state index is 0.0968. The van der Waals surface area contributed by atoms with Gasteiger partial charge >= 0.3 is 5.97 Å². The molecule has 1 rings (SSSR count). The van der Waals surface area contributed by atoms with Gasteiger partial charge in [-0.15, -0.1) is 0 Å². The van der Waals surface area contributed by atoms with Gasteiger partial charge in [0, 0.05) is 13.7 Å². The van der Waals surface area contributed by atoms with Gasteiger partial charge in [-0.05, 0) is 25.7 Å². The quantitative estimate of drug-likeness (QED) is 0.431. The van der Waals surface area contributed by atoms with Gasteiger partial charge in [0.15, 0.2) is 0 Å². The summed E-state index contributed by atoms with van der Waals surface area (Å²) in [5.41, 5.74) is 0. The molecule has 0 amide bonds. The monoisotopic (exact) mass is 257 g/mol. The first-order valence-electron chi connectivity index (χ1n) is 7.18. The maximum Gasteiger partial charge on any atom is 0.323 e. The molecular weight excluding hydrogens is 230 g/mol. The highest BCUT2D eigenvalue weighted by atomic mass is 16.5. The van der Waals surface area contributed by atoms with E-state index >= 15 is 0 Å². The number of carbonyl (C=O) groups is 1. The maximum atomic E-state index is 12.0. The first-order chi connectivity index (χ1) is 8.79. The molecule has 0 heterocycles. The largest absolute Gasteiger partial charge is 0.465 e. The van der Waals surface area contributed by atoms with Crippen molar-refractivity contribution < 1.29 is 14.3 Å². The van der Waals surface area contributed by atoms with Crippen LogP contribution in [0.15, 0.2) is 0 Å². The summed E-state index contributed by atoms with van der Waals surface area (Å²) in [6.45, 7) is 3.64. The van der Waals surface area contributed by atoms with Crippen LogP contribution in [0.25, 0.3) is 0 Å². The molecule has 0 bridgehead atoms. The molecule has 0 aromatic rings. The molecule has 1 aliphatic rings. The molecule has 0 spiro atoms. The molecule has 1 aliphatic carbocycles. The molecule has 106 valence electrons. The second-order valence-electron chi connectivity index (χ2n) is 4.93. The van der Waals surface area contributed by atoms with Crippen molar-refractivity contribution >= 4 is 5.97 Å². The summed E-state index contributed by atoms with van der Waals surface area (Å²) in [6, 6.07) is -0.154. The molecule has 4 heteroatoms. The first kappa shape index (κ1) is 15.4. The number of methoxy groups -OCH3 is 1. The van der Waals surface area contributed by atoms with E-state index in [1.807, 2.05) is 6.92 Å². The number of nitrogens with one attached hydrogen (secondary N) is 1. The number of hydrogen-bond acceptors (Lipinski definition) is 4. The average molecular weight is 257 g/mol. The second-order valence-corrected chi connectivity index (χ2v) is 4.93. The topological polar surface area (TPSA) is 47.6 Å². The van der Waals surface area contributed by atoms with Crippen LogP contribution in [0.5, 0.6) is 0 Å². The third-order valence-electron chi connectivity index (χ3n) is 3.58. The smallest absolute Gasteiger partial charge is 0.323 e. The predicted molar refractivity (Wildman–Crippen MR) is 71.5 cm³/mol. The van der Waals surface area contributed by atoms with Gasteiger partial charge < -0.3 is 14.8 Å². The predicted octanol–water partition coefficient (Wildman–Crippen LogP) is 2.12. The van der Waals surface area contributed by atoms with Crippen LogP contribution >= 0.6 is 0 Å². The third-order valence-corrected chi connectivity index (χ3v) is 3.58. The van der Waals surface area contributed by atoms with Crippen molar-refractivity contribution in [2.45, 2.75) is 51.5 Å². The van der Waals surface area contributed by atoms with E-state index in [-0.39, 0.29) is 12.0 Å². The van der Waals surface area contributed by atoms with E-state index in [4.69, 9.17) is 9.47 Å². The van der Waals surface area contributed by atoms with Crippen LogP contribution in [0, 0.1) is 5.92 Å². The van der Waals surface area contributed by atoms with E-state index in [1.165, 1.54) is 25.7 Å². The fraction of sp³-hybridized carbons (Fsp3) is 0.929. The Morgan fingerprint density at radius 2 is 1.94 bits per heavy atom. The molecule has 18 heavy (non-hydrogen) atoms. The lowest BCUT2D eigenvalue weighted by Gasteiger charge is -2.25. The zero-order valence-corrected chi connectivity index (χ0v) is 11.7. The van der Waals surface area contributed by atoms with Gasteiger partial charge in [0.2, 0.25) is 0 Å². The molecule has 1 atom stereocenters. The number of ether oxygens (including phenoxy) is 2. The van der Waals surface area contributed by atoms with Gasteiger partial charge in [0.25, 0.3) is 0 Å². The van der Waals surface area contributed by atoms with Crippen molar-refractivity contribution in [3.8, 4) is 0 Å². The molecule has 1 N–H and O–H groups in total. The highest BCUT2D eigenvalue weighted by Gasteiger charge is 2.29. The van der Waals surface area contributed by atoms with E-state index in [2.05, 4.69) is 5.32 Å². The normalized spacial score (nSPS) is 19.2. The molecule has 0 aromatic carbocycles. The highest BCUT2D eigenvalue weighted by molar-refractivity contribution is 5.76. The van der Waals surface area contributed by atoms with Crippen molar-refractivity contribution in [2.24, 2.45) is 5.92 Å². The SMILES string of the molecule is CCOC(=O)C(NCCOC)C1CCCCCC1. The molecule has 1 saturated carbocycles. The molecule has 4 nitrogen and oxygen atoms in total. The Labute approximate surface area is 110 Å². The Kier molecular flexibility index (Phi) is 8.01. The fourth-order valence-corrected chi connectivity index (χ4v) is 2.64. The molecule has 0 aromatic heterocycles. The number of hydrogen-bond donors (Lipinski definition) is 1. The lowest BCUT2D eigenvalue weighted by molar-refractivity contribution is -0.147. The summed E-state index contributed by atoms with van der Waals surface area (Å²) in [5, 5.41) is 3.30. The highest BCUT2D eigenvalue weighted by Crippen LogP contribution is 2.26. The van der Waals surface area contributed by atoms with Gasteiger partial charge in [-0.3, -0.25) is 4.79 Å². The van der Waals surface area contributed by atoms with Crippen molar-refractivity contribution in [1.82, 2.24) is 5.32 Å². The minimum atomic E-state index is -0.154. The second kappa shape index (κ2) is 9.34. The Bertz CT molecular complexity index is 225. The van der Waals surface area contributed by atoms with Crippen molar-refractivity contribution in [1.29, 1.82) is 0 Å². The first-order valence-corrected chi connectivity index (χ1v) is 7.18. The van der Waals surface area contributed by atoms with Gasteiger partial charge in [0.1, 0.15) is 6.04 Å². The summed E-state index contributed by atoms with van der Waals surface area (Å²) in [7, 11) is 1.67. The van der Waals surface area contributed by atoms with Crippen LogP contribution in [0.3, 0.4) is 0 Å². The van der Waals surface area contributed by atoms with E-state index in [9.17, 15) is 4.79 Å². The lowest BCUT2D eigenvalue weighted by atomic mass is 9.92. The zero-order valence-electron chi connectivity index (χ0n) is 11.7. The van der Waals surface area contributed by atoms with Crippen LogP contribution in [-0.2, 0) is 14.3 Å². The summed E-state index contributed by atoms with van der Waals surface area (Å²) < 4.78 is 10.2. The van der Waals surface area contributed by atoms with Crippen LogP contribution in [0.4, 0.5) is 0 Å². The summed E-state index contributed by atoms with van der Waals surface area (Å²) in [5.74, 6) is 0.323. The van der Waals surface area contributed by atoms with Gasteiger partial charge in [-0.1, -0.05) is 25.7 Å². The Morgan fingerprint density at radius 3 is 2.50 bits per heavy atom.